The molecule has 2 N–H and O–H groups in total. The highest BCUT2D eigenvalue weighted by molar-refractivity contribution is 9.08. The predicted molar refractivity (Wildman–Crippen MR) is 81.7 cm³/mol. The van der Waals surface area contributed by atoms with E-state index in [-0.39, 0.29) is 17.2 Å². The molecule has 0 heterocycles. The summed E-state index contributed by atoms with van der Waals surface area (Å²) < 4.78 is 5.04. The molecule has 0 aliphatic carbocycles. The first-order chi connectivity index (χ1) is 9.63. The van der Waals surface area contributed by atoms with Crippen molar-refractivity contribution in [3.05, 3.63) is 53.6 Å². The van der Waals surface area contributed by atoms with Gasteiger partial charge in [0, 0.05) is 11.0 Å². The molecule has 0 radical (unpaired) electrons. The molecule has 5 heteroatoms. The number of phenols is 1. The standard InChI is InChI=1S/C15H14BrNO3/c1-20-12-6-7-14(18)13(8-12)15(19)17-11-4-2-10(9-16)3-5-11/h2-8,18H,9H2,1H3,(H,17,19). The molecule has 104 valence electrons. The molecule has 1 amide bonds. The van der Waals surface area contributed by atoms with E-state index in [0.29, 0.717) is 11.4 Å². The maximum atomic E-state index is 12.1. The van der Waals surface area contributed by atoms with E-state index in [1.165, 1.54) is 19.2 Å². The summed E-state index contributed by atoms with van der Waals surface area (Å²) in [6.07, 6.45) is 0. The summed E-state index contributed by atoms with van der Waals surface area (Å²) in [4.78, 5) is 12.1. The lowest BCUT2D eigenvalue weighted by molar-refractivity contribution is 0.102. The number of amides is 1. The Kier molecular flexibility index (Phi) is 4.63. The molecule has 4 nitrogen and oxygen atoms in total. The second-order valence-corrected chi connectivity index (χ2v) is 4.73. The third-order valence-corrected chi connectivity index (χ3v) is 3.46. The van der Waals surface area contributed by atoms with Crippen LogP contribution in [0.1, 0.15) is 15.9 Å². The monoisotopic (exact) mass is 335 g/mol. The Morgan fingerprint density at radius 3 is 2.55 bits per heavy atom. The Balaban J connectivity index is 2.18. The van der Waals surface area contributed by atoms with Gasteiger partial charge in [0.25, 0.3) is 5.91 Å². The largest absolute Gasteiger partial charge is 0.507 e. The van der Waals surface area contributed by atoms with E-state index in [4.69, 9.17) is 4.74 Å². The zero-order valence-electron chi connectivity index (χ0n) is 10.9. The van der Waals surface area contributed by atoms with Crippen LogP contribution in [-0.2, 0) is 5.33 Å². The number of carbonyl (C=O) groups excluding carboxylic acids is 1. The molecule has 0 spiro atoms. The van der Waals surface area contributed by atoms with Gasteiger partial charge in [0.15, 0.2) is 0 Å². The summed E-state index contributed by atoms with van der Waals surface area (Å²) in [5.41, 5.74) is 1.96. The first-order valence-electron chi connectivity index (χ1n) is 5.97. The minimum Gasteiger partial charge on any atom is -0.507 e. The van der Waals surface area contributed by atoms with Crippen molar-refractivity contribution in [3.63, 3.8) is 0 Å². The molecule has 0 saturated carbocycles. The quantitative estimate of drug-likeness (QED) is 0.840. The number of hydrogen-bond acceptors (Lipinski definition) is 3. The number of rotatable bonds is 4. The van der Waals surface area contributed by atoms with Gasteiger partial charge in [-0.05, 0) is 35.9 Å². The van der Waals surface area contributed by atoms with Crippen molar-refractivity contribution in [3.8, 4) is 11.5 Å². The van der Waals surface area contributed by atoms with Crippen molar-refractivity contribution in [1.82, 2.24) is 0 Å². The zero-order chi connectivity index (χ0) is 14.5. The molecule has 0 atom stereocenters. The Morgan fingerprint density at radius 1 is 1.25 bits per heavy atom. The minimum absolute atomic E-state index is 0.0830. The third kappa shape index (κ3) is 3.30. The Morgan fingerprint density at radius 2 is 1.95 bits per heavy atom. The van der Waals surface area contributed by atoms with Gasteiger partial charge in [-0.2, -0.15) is 0 Å². The Hall–Kier alpha value is -2.01. The van der Waals surface area contributed by atoms with Gasteiger partial charge in [0.1, 0.15) is 11.5 Å². The van der Waals surface area contributed by atoms with Gasteiger partial charge in [-0.25, -0.2) is 0 Å². The van der Waals surface area contributed by atoms with Crippen LogP contribution >= 0.6 is 15.9 Å². The Bertz CT molecular complexity index is 611. The fourth-order valence-corrected chi connectivity index (χ4v) is 2.07. The van der Waals surface area contributed by atoms with Gasteiger partial charge < -0.3 is 15.2 Å². The zero-order valence-corrected chi connectivity index (χ0v) is 12.5. The molecular formula is C15H14BrNO3. The average Bonchev–Trinajstić information content (AvgIpc) is 2.48. The lowest BCUT2D eigenvalue weighted by Gasteiger charge is -2.09. The molecule has 0 saturated heterocycles. The molecule has 0 unspecified atom stereocenters. The van der Waals surface area contributed by atoms with E-state index >= 15 is 0 Å². The molecule has 0 fully saturated rings. The Labute approximate surface area is 125 Å². The lowest BCUT2D eigenvalue weighted by atomic mass is 10.1. The molecule has 2 rings (SSSR count). The van der Waals surface area contributed by atoms with Crippen molar-refractivity contribution in [2.75, 3.05) is 12.4 Å². The first-order valence-corrected chi connectivity index (χ1v) is 7.09. The summed E-state index contributed by atoms with van der Waals surface area (Å²) in [6, 6.07) is 12.0. The maximum absolute atomic E-state index is 12.1. The third-order valence-electron chi connectivity index (χ3n) is 2.81. The highest BCUT2D eigenvalue weighted by atomic mass is 79.9. The smallest absolute Gasteiger partial charge is 0.259 e. The van der Waals surface area contributed by atoms with Crippen molar-refractivity contribution in [2.24, 2.45) is 0 Å². The minimum atomic E-state index is -0.381. The normalized spacial score (nSPS) is 10.1. The van der Waals surface area contributed by atoms with Gasteiger partial charge >= 0.3 is 0 Å². The fraction of sp³-hybridized carbons (Fsp3) is 0.133. The molecule has 20 heavy (non-hydrogen) atoms. The van der Waals surface area contributed by atoms with Crippen LogP contribution in [-0.4, -0.2) is 18.1 Å². The van der Waals surface area contributed by atoms with Crippen LogP contribution in [0.15, 0.2) is 42.5 Å². The molecule has 0 bridgehead atoms. The van der Waals surface area contributed by atoms with Gasteiger partial charge in [0.05, 0.1) is 12.7 Å². The molecule has 2 aromatic rings. The first kappa shape index (κ1) is 14.4. The average molecular weight is 336 g/mol. The lowest BCUT2D eigenvalue weighted by Crippen LogP contribution is -2.12. The van der Waals surface area contributed by atoms with E-state index in [1.54, 1.807) is 6.07 Å². The van der Waals surface area contributed by atoms with E-state index < -0.39 is 0 Å². The number of ether oxygens (including phenoxy) is 1. The summed E-state index contributed by atoms with van der Waals surface area (Å²) in [6.45, 7) is 0. The van der Waals surface area contributed by atoms with Crippen molar-refractivity contribution in [1.29, 1.82) is 0 Å². The van der Waals surface area contributed by atoms with Crippen LogP contribution in [0.3, 0.4) is 0 Å². The number of halogens is 1. The van der Waals surface area contributed by atoms with E-state index in [0.717, 1.165) is 10.9 Å². The number of methoxy groups -OCH3 is 1. The number of phenolic OH excluding ortho intramolecular Hbond substituents is 1. The topological polar surface area (TPSA) is 58.6 Å². The summed E-state index contributed by atoms with van der Waals surface area (Å²) in [5, 5.41) is 13.2. The van der Waals surface area contributed by atoms with Crippen LogP contribution in [0.5, 0.6) is 11.5 Å². The SMILES string of the molecule is COc1ccc(O)c(C(=O)Nc2ccc(CBr)cc2)c1. The van der Waals surface area contributed by atoms with E-state index in [1.807, 2.05) is 24.3 Å². The van der Waals surface area contributed by atoms with Gasteiger partial charge in [-0.3, -0.25) is 4.79 Å². The highest BCUT2D eigenvalue weighted by Gasteiger charge is 2.12. The van der Waals surface area contributed by atoms with Crippen LogP contribution < -0.4 is 10.1 Å². The maximum Gasteiger partial charge on any atom is 0.259 e. The number of nitrogens with one attached hydrogen (secondary N) is 1. The summed E-state index contributed by atoms with van der Waals surface area (Å²) in [5.74, 6) is 0.0518. The summed E-state index contributed by atoms with van der Waals surface area (Å²) >= 11 is 3.36. The number of alkyl halides is 1. The van der Waals surface area contributed by atoms with Crippen molar-refractivity contribution >= 4 is 27.5 Å². The number of benzene rings is 2. The summed E-state index contributed by atoms with van der Waals surface area (Å²) in [7, 11) is 1.51. The fourth-order valence-electron chi connectivity index (χ4n) is 1.70. The van der Waals surface area contributed by atoms with E-state index in [2.05, 4.69) is 21.2 Å². The number of anilines is 1. The van der Waals surface area contributed by atoms with Gasteiger partial charge in [0.2, 0.25) is 0 Å². The van der Waals surface area contributed by atoms with Gasteiger partial charge in [-0.1, -0.05) is 28.1 Å². The van der Waals surface area contributed by atoms with E-state index in [9.17, 15) is 9.90 Å². The molecular weight excluding hydrogens is 322 g/mol. The van der Waals surface area contributed by atoms with Crippen LogP contribution in [0.2, 0.25) is 0 Å². The second-order valence-electron chi connectivity index (χ2n) is 4.17. The van der Waals surface area contributed by atoms with Crippen molar-refractivity contribution < 1.29 is 14.6 Å². The molecule has 0 aromatic heterocycles. The number of hydrogen-bond donors (Lipinski definition) is 2. The number of carbonyl (C=O) groups is 1. The predicted octanol–water partition coefficient (Wildman–Crippen LogP) is 3.55. The van der Waals surface area contributed by atoms with Crippen LogP contribution in [0.4, 0.5) is 5.69 Å². The second kappa shape index (κ2) is 6.43. The number of aromatic hydroxyl groups is 1. The molecule has 0 aliphatic rings. The van der Waals surface area contributed by atoms with Crippen LogP contribution in [0.25, 0.3) is 0 Å². The highest BCUT2D eigenvalue weighted by Crippen LogP contribution is 2.24. The van der Waals surface area contributed by atoms with Crippen LogP contribution in [0, 0.1) is 0 Å². The molecule has 2 aromatic carbocycles. The van der Waals surface area contributed by atoms with Crippen molar-refractivity contribution in [2.45, 2.75) is 5.33 Å². The molecule has 0 aliphatic heterocycles. The van der Waals surface area contributed by atoms with Gasteiger partial charge in [-0.15, -0.1) is 0 Å².